The summed E-state index contributed by atoms with van der Waals surface area (Å²) in [5.74, 6) is -0.0150. The Morgan fingerprint density at radius 3 is 2.41 bits per heavy atom. The highest BCUT2D eigenvalue weighted by atomic mass is 16.2. The molecule has 4 rings (SSSR count). The fourth-order valence-corrected chi connectivity index (χ4v) is 3.97. The standard InChI is InChI=1S/C27H27N3O2/c1-17(2)20-9-7-8-12-24(20)28-25(31)16-30-27(32)22-11-6-5-10-21(22)26(29-30)23-15-18(3)13-14-19(23)4/h5-15,17H,16H2,1-4H3,(H,28,31). The number of nitrogens with one attached hydrogen (secondary N) is 1. The normalized spacial score (nSPS) is 11.2. The van der Waals surface area contributed by atoms with Crippen molar-refractivity contribution in [1.82, 2.24) is 9.78 Å². The van der Waals surface area contributed by atoms with E-state index in [-0.39, 0.29) is 23.9 Å². The molecule has 5 heteroatoms. The van der Waals surface area contributed by atoms with Gasteiger partial charge in [-0.3, -0.25) is 9.59 Å². The van der Waals surface area contributed by atoms with E-state index in [1.807, 2.05) is 62.4 Å². The van der Waals surface area contributed by atoms with Gasteiger partial charge in [-0.05, 0) is 49.1 Å². The Morgan fingerprint density at radius 1 is 0.969 bits per heavy atom. The van der Waals surface area contributed by atoms with E-state index in [0.29, 0.717) is 11.1 Å². The van der Waals surface area contributed by atoms with Gasteiger partial charge in [-0.25, -0.2) is 4.68 Å². The maximum Gasteiger partial charge on any atom is 0.275 e. The Balaban J connectivity index is 1.77. The van der Waals surface area contributed by atoms with E-state index in [2.05, 4.69) is 36.4 Å². The Morgan fingerprint density at radius 2 is 1.66 bits per heavy atom. The van der Waals surface area contributed by atoms with Gasteiger partial charge in [0, 0.05) is 16.6 Å². The van der Waals surface area contributed by atoms with Crippen LogP contribution in [-0.2, 0) is 11.3 Å². The van der Waals surface area contributed by atoms with E-state index in [4.69, 9.17) is 0 Å². The Labute approximate surface area is 187 Å². The number of carbonyl (C=O) groups excluding carboxylic acids is 1. The zero-order chi connectivity index (χ0) is 22.8. The molecule has 5 nitrogen and oxygen atoms in total. The van der Waals surface area contributed by atoms with Crippen molar-refractivity contribution in [2.45, 2.75) is 40.2 Å². The molecule has 0 saturated heterocycles. The molecule has 0 aliphatic rings. The highest BCUT2D eigenvalue weighted by Gasteiger charge is 2.16. The number of aryl methyl sites for hydroxylation is 2. The van der Waals surface area contributed by atoms with Crippen LogP contribution in [0.2, 0.25) is 0 Å². The summed E-state index contributed by atoms with van der Waals surface area (Å²) in [5, 5.41) is 8.95. The number of para-hydroxylation sites is 1. The maximum absolute atomic E-state index is 13.1. The van der Waals surface area contributed by atoms with Gasteiger partial charge >= 0.3 is 0 Å². The summed E-state index contributed by atoms with van der Waals surface area (Å²) >= 11 is 0. The van der Waals surface area contributed by atoms with Gasteiger partial charge in [0.2, 0.25) is 5.91 Å². The van der Waals surface area contributed by atoms with E-state index in [9.17, 15) is 9.59 Å². The maximum atomic E-state index is 13.1. The molecular formula is C27H27N3O2. The first-order valence-electron chi connectivity index (χ1n) is 10.8. The van der Waals surface area contributed by atoms with Gasteiger partial charge in [-0.1, -0.05) is 67.9 Å². The molecule has 1 aromatic heterocycles. The number of hydrogen-bond acceptors (Lipinski definition) is 3. The van der Waals surface area contributed by atoms with Crippen molar-refractivity contribution in [1.29, 1.82) is 0 Å². The number of hydrogen-bond donors (Lipinski definition) is 1. The molecule has 0 bridgehead atoms. The molecule has 0 spiro atoms. The van der Waals surface area contributed by atoms with Crippen LogP contribution in [0.1, 0.15) is 36.5 Å². The van der Waals surface area contributed by atoms with Crippen molar-refractivity contribution in [3.8, 4) is 11.3 Å². The summed E-state index contributed by atoms with van der Waals surface area (Å²) in [4.78, 5) is 26.1. The third kappa shape index (κ3) is 4.19. The van der Waals surface area contributed by atoms with Crippen LogP contribution in [0.5, 0.6) is 0 Å². The Kier molecular flexibility index (Phi) is 5.91. The summed E-state index contributed by atoms with van der Waals surface area (Å²) in [5.41, 5.74) is 5.37. The Bertz CT molecular complexity index is 1370. The van der Waals surface area contributed by atoms with Crippen molar-refractivity contribution in [3.63, 3.8) is 0 Å². The summed E-state index contributed by atoms with van der Waals surface area (Å²) in [6.45, 7) is 8.05. The average Bonchev–Trinajstić information content (AvgIpc) is 2.78. The fraction of sp³-hybridized carbons (Fsp3) is 0.222. The van der Waals surface area contributed by atoms with Crippen LogP contribution in [0.3, 0.4) is 0 Å². The lowest BCUT2D eigenvalue weighted by Gasteiger charge is -2.15. The molecule has 162 valence electrons. The number of anilines is 1. The van der Waals surface area contributed by atoms with E-state index >= 15 is 0 Å². The first kappa shape index (κ1) is 21.5. The topological polar surface area (TPSA) is 64.0 Å². The number of carbonyl (C=O) groups is 1. The molecule has 0 atom stereocenters. The molecule has 1 N–H and O–H groups in total. The van der Waals surface area contributed by atoms with Crippen LogP contribution in [-0.4, -0.2) is 15.7 Å². The third-order valence-corrected chi connectivity index (χ3v) is 5.67. The fourth-order valence-electron chi connectivity index (χ4n) is 3.97. The van der Waals surface area contributed by atoms with Gasteiger partial charge in [0.25, 0.3) is 5.56 Å². The lowest BCUT2D eigenvalue weighted by atomic mass is 9.99. The minimum Gasteiger partial charge on any atom is -0.324 e. The second-order valence-corrected chi connectivity index (χ2v) is 8.47. The number of aromatic nitrogens is 2. The largest absolute Gasteiger partial charge is 0.324 e. The van der Waals surface area contributed by atoms with Crippen LogP contribution in [0, 0.1) is 13.8 Å². The number of nitrogens with zero attached hydrogens (tertiary/aromatic N) is 2. The van der Waals surface area contributed by atoms with E-state index in [1.54, 1.807) is 6.07 Å². The van der Waals surface area contributed by atoms with Crippen LogP contribution >= 0.6 is 0 Å². The monoisotopic (exact) mass is 425 g/mol. The molecule has 4 aromatic rings. The average molecular weight is 426 g/mol. The van der Waals surface area contributed by atoms with E-state index in [1.165, 1.54) is 4.68 Å². The minimum absolute atomic E-state index is 0.159. The smallest absolute Gasteiger partial charge is 0.275 e. The molecule has 0 unspecified atom stereocenters. The molecule has 0 saturated carbocycles. The van der Waals surface area contributed by atoms with Crippen molar-refractivity contribution in [2.24, 2.45) is 0 Å². The highest BCUT2D eigenvalue weighted by molar-refractivity contribution is 5.95. The molecule has 0 aliphatic heterocycles. The minimum atomic E-state index is -0.283. The lowest BCUT2D eigenvalue weighted by molar-refractivity contribution is -0.117. The SMILES string of the molecule is Cc1ccc(C)c(-c2nn(CC(=O)Nc3ccccc3C(C)C)c(=O)c3ccccc23)c1. The molecule has 0 aliphatic carbocycles. The first-order valence-corrected chi connectivity index (χ1v) is 10.8. The zero-order valence-corrected chi connectivity index (χ0v) is 18.8. The van der Waals surface area contributed by atoms with Gasteiger partial charge in [0.15, 0.2) is 0 Å². The van der Waals surface area contributed by atoms with Crippen molar-refractivity contribution < 1.29 is 4.79 Å². The molecule has 0 radical (unpaired) electrons. The number of amides is 1. The van der Waals surface area contributed by atoms with Gasteiger partial charge in [-0.2, -0.15) is 5.10 Å². The predicted octanol–water partition coefficient (Wildman–Crippen LogP) is 5.44. The van der Waals surface area contributed by atoms with Crippen LogP contribution in [0.25, 0.3) is 22.0 Å². The number of fused-ring (bicyclic) bond motifs is 1. The second kappa shape index (κ2) is 8.79. The van der Waals surface area contributed by atoms with Crippen molar-refractivity contribution >= 4 is 22.4 Å². The molecular weight excluding hydrogens is 398 g/mol. The number of rotatable bonds is 5. The van der Waals surface area contributed by atoms with Crippen molar-refractivity contribution in [3.05, 3.63) is 93.8 Å². The predicted molar refractivity (Wildman–Crippen MR) is 130 cm³/mol. The molecule has 32 heavy (non-hydrogen) atoms. The summed E-state index contributed by atoms with van der Waals surface area (Å²) in [6, 6.07) is 21.3. The van der Waals surface area contributed by atoms with Gasteiger partial charge in [-0.15, -0.1) is 0 Å². The molecule has 0 fully saturated rings. The van der Waals surface area contributed by atoms with Crippen LogP contribution in [0.15, 0.2) is 71.5 Å². The molecule has 1 heterocycles. The lowest BCUT2D eigenvalue weighted by Crippen LogP contribution is -2.30. The molecule has 3 aromatic carbocycles. The summed E-state index contributed by atoms with van der Waals surface area (Å²) in [7, 11) is 0. The second-order valence-electron chi connectivity index (χ2n) is 8.47. The van der Waals surface area contributed by atoms with E-state index < -0.39 is 0 Å². The molecule has 1 amide bonds. The van der Waals surface area contributed by atoms with E-state index in [0.717, 1.165) is 33.3 Å². The summed E-state index contributed by atoms with van der Waals surface area (Å²) in [6.07, 6.45) is 0. The third-order valence-electron chi connectivity index (χ3n) is 5.67. The first-order chi connectivity index (χ1) is 15.3. The zero-order valence-electron chi connectivity index (χ0n) is 18.8. The highest BCUT2D eigenvalue weighted by Crippen LogP contribution is 2.28. The van der Waals surface area contributed by atoms with Crippen molar-refractivity contribution in [2.75, 3.05) is 5.32 Å². The quantitative estimate of drug-likeness (QED) is 0.463. The number of benzene rings is 3. The van der Waals surface area contributed by atoms with Gasteiger partial charge in [0.05, 0.1) is 11.1 Å². The van der Waals surface area contributed by atoms with Gasteiger partial charge in [0.1, 0.15) is 6.54 Å². The van der Waals surface area contributed by atoms with Crippen LogP contribution in [0.4, 0.5) is 5.69 Å². The van der Waals surface area contributed by atoms with Gasteiger partial charge < -0.3 is 5.32 Å². The van der Waals surface area contributed by atoms with Crippen LogP contribution < -0.4 is 10.9 Å². The Hall–Kier alpha value is -3.73. The summed E-state index contributed by atoms with van der Waals surface area (Å²) < 4.78 is 1.27.